The molecular weight excluding hydrogens is 268 g/mol. The molecule has 2 unspecified atom stereocenters. The van der Waals surface area contributed by atoms with Gasteiger partial charge >= 0.3 is 11.9 Å². The minimum atomic E-state index is -0.837. The van der Waals surface area contributed by atoms with Crippen LogP contribution in [0.4, 0.5) is 0 Å². The minimum Gasteiger partial charge on any atom is -0.466 e. The molecule has 0 saturated heterocycles. The number of rotatable bonds is 5. The summed E-state index contributed by atoms with van der Waals surface area (Å²) in [6.45, 7) is 12.5. The van der Waals surface area contributed by atoms with Crippen molar-refractivity contribution in [2.75, 3.05) is 13.2 Å². The lowest BCUT2D eigenvalue weighted by atomic mass is 9.52. The molecule has 0 amide bonds. The molecule has 2 atom stereocenters. The fraction of sp³-hybridized carbons (Fsp3) is 0.882. The third kappa shape index (κ3) is 3.41. The van der Waals surface area contributed by atoms with Gasteiger partial charge in [0.1, 0.15) is 0 Å². The van der Waals surface area contributed by atoms with Crippen molar-refractivity contribution < 1.29 is 19.1 Å². The summed E-state index contributed by atoms with van der Waals surface area (Å²) in [5, 5.41) is 0. The van der Waals surface area contributed by atoms with Crippen LogP contribution in [0, 0.1) is 16.2 Å². The zero-order valence-electron chi connectivity index (χ0n) is 14.4. The topological polar surface area (TPSA) is 52.6 Å². The highest BCUT2D eigenvalue weighted by atomic mass is 16.5. The molecule has 1 rings (SSSR count). The van der Waals surface area contributed by atoms with Gasteiger partial charge in [0.15, 0.2) is 0 Å². The van der Waals surface area contributed by atoms with Crippen LogP contribution in [0.2, 0.25) is 0 Å². The predicted octanol–water partition coefficient (Wildman–Crippen LogP) is 3.73. The SMILES string of the molecule is CCCOC(=O)C1(C)CC(C)(C)CCC1(C)C(=O)OCC. The molecule has 1 fully saturated rings. The van der Waals surface area contributed by atoms with Gasteiger partial charge in [0.25, 0.3) is 0 Å². The highest BCUT2D eigenvalue weighted by molar-refractivity contribution is 5.88. The van der Waals surface area contributed by atoms with Crippen molar-refractivity contribution in [3.8, 4) is 0 Å². The van der Waals surface area contributed by atoms with Crippen molar-refractivity contribution in [3.63, 3.8) is 0 Å². The van der Waals surface area contributed by atoms with E-state index in [1.54, 1.807) is 6.92 Å². The quantitative estimate of drug-likeness (QED) is 0.726. The zero-order valence-corrected chi connectivity index (χ0v) is 14.4. The maximum absolute atomic E-state index is 12.7. The highest BCUT2D eigenvalue weighted by Gasteiger charge is 2.61. The van der Waals surface area contributed by atoms with E-state index in [-0.39, 0.29) is 17.4 Å². The lowest BCUT2D eigenvalue weighted by Gasteiger charge is -2.51. The van der Waals surface area contributed by atoms with E-state index in [0.717, 1.165) is 12.8 Å². The Morgan fingerprint density at radius 3 is 2.00 bits per heavy atom. The second-order valence-electron chi connectivity index (χ2n) is 7.36. The Labute approximate surface area is 128 Å². The first-order valence-corrected chi connectivity index (χ1v) is 7.97. The van der Waals surface area contributed by atoms with Crippen LogP contribution in [0.1, 0.15) is 67.2 Å². The van der Waals surface area contributed by atoms with Gasteiger partial charge in [-0.15, -0.1) is 0 Å². The molecule has 1 aliphatic carbocycles. The summed E-state index contributed by atoms with van der Waals surface area (Å²) in [6.07, 6.45) is 2.97. The zero-order chi connectivity index (χ0) is 16.3. The summed E-state index contributed by atoms with van der Waals surface area (Å²) in [5.41, 5.74) is -1.63. The number of hydrogen-bond donors (Lipinski definition) is 0. The predicted molar refractivity (Wildman–Crippen MR) is 81.7 cm³/mol. The third-order valence-electron chi connectivity index (χ3n) is 4.97. The molecule has 0 aliphatic heterocycles. The number of ether oxygens (including phenoxy) is 2. The smallest absolute Gasteiger partial charge is 0.312 e. The van der Waals surface area contributed by atoms with Gasteiger partial charge in [0.2, 0.25) is 0 Å². The van der Waals surface area contributed by atoms with Crippen LogP contribution in [-0.2, 0) is 19.1 Å². The molecule has 0 heterocycles. The average molecular weight is 298 g/mol. The van der Waals surface area contributed by atoms with E-state index in [0.29, 0.717) is 26.1 Å². The van der Waals surface area contributed by atoms with Crippen molar-refractivity contribution >= 4 is 11.9 Å². The Morgan fingerprint density at radius 1 is 0.905 bits per heavy atom. The van der Waals surface area contributed by atoms with E-state index in [9.17, 15) is 9.59 Å². The third-order valence-corrected chi connectivity index (χ3v) is 4.97. The second-order valence-corrected chi connectivity index (χ2v) is 7.36. The van der Waals surface area contributed by atoms with Crippen LogP contribution in [0.15, 0.2) is 0 Å². The summed E-state index contributed by atoms with van der Waals surface area (Å²) < 4.78 is 10.7. The van der Waals surface area contributed by atoms with Gasteiger partial charge in [0, 0.05) is 0 Å². The first-order chi connectivity index (χ1) is 9.63. The van der Waals surface area contributed by atoms with Gasteiger partial charge in [-0.3, -0.25) is 9.59 Å². The highest BCUT2D eigenvalue weighted by Crippen LogP contribution is 2.57. The number of carbonyl (C=O) groups is 2. The molecule has 4 nitrogen and oxygen atoms in total. The first kappa shape index (κ1) is 18.0. The van der Waals surface area contributed by atoms with Crippen LogP contribution in [0.3, 0.4) is 0 Å². The maximum Gasteiger partial charge on any atom is 0.312 e. The van der Waals surface area contributed by atoms with Crippen LogP contribution in [0.5, 0.6) is 0 Å². The van der Waals surface area contributed by atoms with E-state index in [1.807, 2.05) is 20.8 Å². The summed E-state index contributed by atoms with van der Waals surface area (Å²) in [4.78, 5) is 25.2. The fourth-order valence-electron chi connectivity index (χ4n) is 3.37. The van der Waals surface area contributed by atoms with Crippen molar-refractivity contribution in [2.24, 2.45) is 16.2 Å². The van der Waals surface area contributed by atoms with Gasteiger partial charge in [-0.25, -0.2) is 0 Å². The van der Waals surface area contributed by atoms with Crippen molar-refractivity contribution in [2.45, 2.75) is 67.2 Å². The van der Waals surface area contributed by atoms with Crippen LogP contribution >= 0.6 is 0 Å². The van der Waals surface area contributed by atoms with E-state index >= 15 is 0 Å². The minimum absolute atomic E-state index is 0.0198. The number of carbonyl (C=O) groups excluding carboxylic acids is 2. The van der Waals surface area contributed by atoms with E-state index < -0.39 is 10.8 Å². The Hall–Kier alpha value is -1.06. The summed E-state index contributed by atoms with van der Waals surface area (Å²) in [6, 6.07) is 0. The van der Waals surface area contributed by atoms with Gasteiger partial charge in [-0.05, 0) is 51.9 Å². The van der Waals surface area contributed by atoms with Crippen LogP contribution < -0.4 is 0 Å². The molecular formula is C17H30O4. The molecule has 0 bridgehead atoms. The molecule has 0 aromatic carbocycles. The lowest BCUT2D eigenvalue weighted by Crippen LogP contribution is -2.55. The molecule has 0 spiro atoms. The van der Waals surface area contributed by atoms with Crippen LogP contribution in [-0.4, -0.2) is 25.2 Å². The molecule has 21 heavy (non-hydrogen) atoms. The fourth-order valence-corrected chi connectivity index (χ4v) is 3.37. The lowest BCUT2D eigenvalue weighted by molar-refractivity contribution is -0.188. The number of esters is 2. The Kier molecular flexibility index (Phi) is 5.46. The monoisotopic (exact) mass is 298 g/mol. The molecule has 0 aromatic rings. The molecule has 1 aliphatic rings. The molecule has 0 N–H and O–H groups in total. The van der Waals surface area contributed by atoms with Gasteiger partial charge in [-0.2, -0.15) is 0 Å². The Balaban J connectivity index is 3.14. The largest absolute Gasteiger partial charge is 0.466 e. The molecule has 4 heteroatoms. The molecule has 122 valence electrons. The summed E-state index contributed by atoms with van der Waals surface area (Å²) in [7, 11) is 0. The van der Waals surface area contributed by atoms with Crippen molar-refractivity contribution in [1.29, 1.82) is 0 Å². The summed E-state index contributed by atoms with van der Waals surface area (Å²) in [5.74, 6) is -0.552. The van der Waals surface area contributed by atoms with Crippen LogP contribution in [0.25, 0.3) is 0 Å². The van der Waals surface area contributed by atoms with Gasteiger partial charge in [-0.1, -0.05) is 20.8 Å². The molecule has 0 aromatic heterocycles. The molecule has 1 saturated carbocycles. The van der Waals surface area contributed by atoms with Gasteiger partial charge in [0.05, 0.1) is 24.0 Å². The van der Waals surface area contributed by atoms with E-state index in [1.165, 1.54) is 0 Å². The second kappa shape index (κ2) is 6.37. The number of hydrogen-bond acceptors (Lipinski definition) is 4. The molecule has 0 radical (unpaired) electrons. The van der Waals surface area contributed by atoms with E-state index in [2.05, 4.69) is 13.8 Å². The van der Waals surface area contributed by atoms with Crippen molar-refractivity contribution in [3.05, 3.63) is 0 Å². The normalized spacial score (nSPS) is 31.5. The summed E-state index contributed by atoms with van der Waals surface area (Å²) >= 11 is 0. The average Bonchev–Trinajstić information content (AvgIpc) is 2.40. The van der Waals surface area contributed by atoms with Crippen molar-refractivity contribution in [1.82, 2.24) is 0 Å². The Bertz CT molecular complexity index is 402. The van der Waals surface area contributed by atoms with Gasteiger partial charge < -0.3 is 9.47 Å². The first-order valence-electron chi connectivity index (χ1n) is 7.97. The standard InChI is InChI=1S/C17H30O4/c1-7-11-21-14(19)17(6)12-15(3,4)9-10-16(17,5)13(18)20-8-2/h7-12H2,1-6H3. The Morgan fingerprint density at radius 2 is 1.48 bits per heavy atom. The van der Waals surface area contributed by atoms with E-state index in [4.69, 9.17) is 9.47 Å². The maximum atomic E-state index is 12.7.